The highest BCUT2D eigenvalue weighted by Crippen LogP contribution is 2.18. The van der Waals surface area contributed by atoms with Crippen LogP contribution in [-0.2, 0) is 23.8 Å². The summed E-state index contributed by atoms with van der Waals surface area (Å²) in [5.41, 5.74) is 0. The van der Waals surface area contributed by atoms with E-state index in [2.05, 4.69) is 45.1 Å². The van der Waals surface area contributed by atoms with Gasteiger partial charge in [-0.15, -0.1) is 0 Å². The second-order valence-electron chi connectivity index (χ2n) is 22.4. The van der Waals surface area contributed by atoms with Gasteiger partial charge in [0.05, 0.1) is 6.61 Å². The van der Waals surface area contributed by atoms with Crippen LogP contribution in [0.5, 0.6) is 0 Å². The highest BCUT2D eigenvalue weighted by Gasteiger charge is 2.18. The van der Waals surface area contributed by atoms with Crippen molar-refractivity contribution in [2.45, 2.75) is 374 Å². The Bertz CT molecular complexity index is 1100. The van der Waals surface area contributed by atoms with E-state index < -0.39 is 6.10 Å². The van der Waals surface area contributed by atoms with E-state index >= 15 is 0 Å². The van der Waals surface area contributed by atoms with E-state index in [1.807, 2.05) is 0 Å². The van der Waals surface area contributed by atoms with Crippen molar-refractivity contribution in [1.82, 2.24) is 0 Å². The first-order valence-electron chi connectivity index (χ1n) is 32.9. The zero-order valence-electron chi connectivity index (χ0n) is 49.2. The summed E-state index contributed by atoms with van der Waals surface area (Å²) >= 11 is 0. The predicted octanol–water partition coefficient (Wildman–Crippen LogP) is 22.7. The second-order valence-corrected chi connectivity index (χ2v) is 22.4. The Labute approximate surface area is 451 Å². The highest BCUT2D eigenvalue weighted by atomic mass is 16.6. The van der Waals surface area contributed by atoms with E-state index in [4.69, 9.17) is 14.2 Å². The molecule has 0 saturated carbocycles. The molecule has 0 amide bonds. The van der Waals surface area contributed by atoms with Crippen LogP contribution in [0.2, 0.25) is 0 Å². The third-order valence-electron chi connectivity index (χ3n) is 15.0. The van der Waals surface area contributed by atoms with Gasteiger partial charge in [-0.3, -0.25) is 9.59 Å². The molecule has 72 heavy (non-hydrogen) atoms. The zero-order chi connectivity index (χ0) is 52.0. The summed E-state index contributed by atoms with van der Waals surface area (Å²) in [6.45, 7) is 7.90. The fraction of sp³-hybridized carbons (Fsp3) is 0.910. The van der Waals surface area contributed by atoms with E-state index in [0.717, 1.165) is 32.1 Å². The Hall–Kier alpha value is -1.62. The number of hydrogen-bond donors (Lipinski definition) is 0. The van der Waals surface area contributed by atoms with Gasteiger partial charge in [0.2, 0.25) is 0 Å². The van der Waals surface area contributed by atoms with Crippen LogP contribution in [0, 0.1) is 0 Å². The largest absolute Gasteiger partial charge is 0.462 e. The van der Waals surface area contributed by atoms with Crippen LogP contribution >= 0.6 is 0 Å². The molecule has 0 bridgehead atoms. The molecule has 0 aromatic rings. The average Bonchev–Trinajstić information content (AvgIpc) is 3.38. The predicted molar refractivity (Wildman–Crippen MR) is 316 cm³/mol. The quantitative estimate of drug-likeness (QED) is 0.0345. The maximum atomic E-state index is 12.9. The van der Waals surface area contributed by atoms with Crippen LogP contribution in [0.4, 0.5) is 0 Å². The van der Waals surface area contributed by atoms with Gasteiger partial charge < -0.3 is 14.2 Å². The maximum absolute atomic E-state index is 12.9. The Morgan fingerprint density at radius 3 is 0.847 bits per heavy atom. The number of unbranched alkanes of at least 4 members (excludes halogenated alkanes) is 47. The van der Waals surface area contributed by atoms with Gasteiger partial charge in [-0.2, -0.15) is 0 Å². The van der Waals surface area contributed by atoms with E-state index in [1.54, 1.807) is 0 Å². The minimum absolute atomic E-state index is 0.0912. The lowest BCUT2D eigenvalue weighted by molar-refractivity contribution is -0.163. The number of carbonyl (C=O) groups excluding carboxylic acids is 2. The summed E-state index contributed by atoms with van der Waals surface area (Å²) < 4.78 is 17.6. The third kappa shape index (κ3) is 60.9. The molecule has 5 heteroatoms. The number of rotatable bonds is 62. The first-order chi connectivity index (χ1) is 35.6. The molecule has 0 rings (SSSR count). The van der Waals surface area contributed by atoms with Gasteiger partial charge in [0.25, 0.3) is 0 Å². The average molecular weight is 1010 g/mol. The molecule has 0 N–H and O–H groups in total. The van der Waals surface area contributed by atoms with Crippen molar-refractivity contribution < 1.29 is 23.8 Å². The van der Waals surface area contributed by atoms with Gasteiger partial charge in [-0.25, -0.2) is 0 Å². The highest BCUT2D eigenvalue weighted by molar-refractivity contribution is 5.70. The molecule has 1 atom stereocenters. The molecule has 0 aromatic carbocycles. The van der Waals surface area contributed by atoms with Crippen LogP contribution in [0.15, 0.2) is 24.3 Å². The van der Waals surface area contributed by atoms with Crippen LogP contribution in [-0.4, -0.2) is 37.9 Å². The van der Waals surface area contributed by atoms with E-state index in [0.29, 0.717) is 26.1 Å². The Morgan fingerprint density at radius 2 is 0.542 bits per heavy atom. The van der Waals surface area contributed by atoms with Crippen molar-refractivity contribution >= 4 is 11.9 Å². The lowest BCUT2D eigenvalue weighted by Crippen LogP contribution is -2.30. The summed E-state index contributed by atoms with van der Waals surface area (Å²) in [5, 5.41) is 0. The van der Waals surface area contributed by atoms with Crippen LogP contribution in [0.3, 0.4) is 0 Å². The van der Waals surface area contributed by atoms with Gasteiger partial charge in [0.15, 0.2) is 6.10 Å². The SMILES string of the molecule is CCCCCCCC/C=C\CCCCCCCCCCCCOCC(COC(=O)CCCCCCCCCCCCCCCCCCCCC)OC(=O)CCCCCCCCC/C=C\CCCCCCCC. The lowest BCUT2D eigenvalue weighted by atomic mass is 10.0. The van der Waals surface area contributed by atoms with Crippen molar-refractivity contribution in [2.24, 2.45) is 0 Å². The van der Waals surface area contributed by atoms with Gasteiger partial charge in [0, 0.05) is 19.4 Å². The van der Waals surface area contributed by atoms with Gasteiger partial charge in [-0.05, 0) is 70.6 Å². The fourth-order valence-electron chi connectivity index (χ4n) is 10.0. The van der Waals surface area contributed by atoms with Gasteiger partial charge in [-0.1, -0.05) is 308 Å². The number of esters is 2. The molecule has 0 spiro atoms. The Morgan fingerprint density at radius 1 is 0.292 bits per heavy atom. The Balaban J connectivity index is 4.22. The fourth-order valence-corrected chi connectivity index (χ4v) is 10.0. The molecule has 0 aromatic heterocycles. The molecule has 0 saturated heterocycles. The van der Waals surface area contributed by atoms with Crippen molar-refractivity contribution in [3.63, 3.8) is 0 Å². The van der Waals surface area contributed by atoms with E-state index in [1.165, 1.54) is 302 Å². The van der Waals surface area contributed by atoms with Crippen LogP contribution < -0.4 is 0 Å². The van der Waals surface area contributed by atoms with Crippen molar-refractivity contribution in [2.75, 3.05) is 19.8 Å². The first kappa shape index (κ1) is 70.4. The number of hydrogen-bond acceptors (Lipinski definition) is 5. The standard InChI is InChI=1S/C67H128O5/c1-4-7-10-13-16-19-22-25-28-31-33-35-38-41-44-47-50-53-56-59-62-70-63-65(72-67(69)61-58-55-52-49-46-43-40-36-30-27-24-21-18-15-12-9-6-3)64-71-66(68)60-57-54-51-48-45-42-39-37-34-32-29-26-23-20-17-14-11-8-5-2/h25,27-28,30,65H,4-24,26,29,31-64H2,1-3H3/b28-25-,30-27-. The molecule has 0 aliphatic carbocycles. The monoisotopic (exact) mass is 1010 g/mol. The minimum atomic E-state index is -0.535. The normalized spacial score (nSPS) is 12.2. The summed E-state index contributed by atoms with van der Waals surface area (Å²) in [5.74, 6) is -0.375. The molecule has 5 nitrogen and oxygen atoms in total. The summed E-state index contributed by atoms with van der Waals surface area (Å²) in [7, 11) is 0. The topological polar surface area (TPSA) is 61.8 Å². The third-order valence-corrected chi connectivity index (χ3v) is 15.0. The summed E-state index contributed by atoms with van der Waals surface area (Å²) in [6.07, 6.45) is 77.9. The number of carbonyl (C=O) groups is 2. The smallest absolute Gasteiger partial charge is 0.306 e. The molecule has 1 unspecified atom stereocenters. The molecular formula is C67H128O5. The van der Waals surface area contributed by atoms with Gasteiger partial charge in [0.1, 0.15) is 6.61 Å². The lowest BCUT2D eigenvalue weighted by Gasteiger charge is -2.18. The zero-order valence-corrected chi connectivity index (χ0v) is 49.2. The summed E-state index contributed by atoms with van der Waals surface area (Å²) in [6, 6.07) is 0. The number of allylic oxidation sites excluding steroid dienone is 4. The van der Waals surface area contributed by atoms with Crippen LogP contribution in [0.25, 0.3) is 0 Å². The molecule has 0 radical (unpaired) electrons. The van der Waals surface area contributed by atoms with Gasteiger partial charge >= 0.3 is 11.9 Å². The second kappa shape index (κ2) is 63.7. The molecular weight excluding hydrogens is 885 g/mol. The molecule has 426 valence electrons. The minimum Gasteiger partial charge on any atom is -0.462 e. The molecule has 0 aliphatic heterocycles. The summed E-state index contributed by atoms with van der Waals surface area (Å²) in [4.78, 5) is 25.6. The molecule has 0 heterocycles. The number of ether oxygens (including phenoxy) is 3. The van der Waals surface area contributed by atoms with E-state index in [-0.39, 0.29) is 18.5 Å². The van der Waals surface area contributed by atoms with Crippen LogP contribution in [0.1, 0.15) is 367 Å². The van der Waals surface area contributed by atoms with Crippen molar-refractivity contribution in [3.8, 4) is 0 Å². The first-order valence-corrected chi connectivity index (χ1v) is 32.9. The maximum Gasteiger partial charge on any atom is 0.306 e. The molecule has 0 aliphatic rings. The Kier molecular flexibility index (Phi) is 62.2. The van der Waals surface area contributed by atoms with Crippen molar-refractivity contribution in [1.29, 1.82) is 0 Å². The molecule has 0 fully saturated rings. The van der Waals surface area contributed by atoms with Crippen molar-refractivity contribution in [3.05, 3.63) is 24.3 Å². The van der Waals surface area contributed by atoms with E-state index in [9.17, 15) is 9.59 Å².